The maximum Gasteiger partial charge on any atom is 0.280 e. The number of anilines is 1. The zero-order valence-electron chi connectivity index (χ0n) is 21.7. The van der Waals surface area contributed by atoms with Crippen molar-refractivity contribution in [1.29, 1.82) is 0 Å². The Hall–Kier alpha value is -2.98. The Labute approximate surface area is 230 Å². The van der Waals surface area contributed by atoms with Gasteiger partial charge in [-0.05, 0) is 74.3 Å². The third-order valence-corrected chi connectivity index (χ3v) is 8.27. The van der Waals surface area contributed by atoms with Crippen molar-refractivity contribution in [2.75, 3.05) is 38.2 Å². The molecule has 2 saturated heterocycles. The number of piperidine rings is 2. The van der Waals surface area contributed by atoms with Gasteiger partial charge in [0.25, 0.3) is 12.3 Å². The lowest BCUT2D eigenvalue weighted by molar-refractivity contribution is -0.173. The highest BCUT2D eigenvalue weighted by Crippen LogP contribution is 2.37. The number of carbonyl (C=O) groups is 2. The van der Waals surface area contributed by atoms with Gasteiger partial charge in [0.05, 0.1) is 17.7 Å². The number of halogens is 4. The van der Waals surface area contributed by atoms with Crippen molar-refractivity contribution in [2.24, 2.45) is 17.6 Å². The summed E-state index contributed by atoms with van der Waals surface area (Å²) < 4.78 is 47.0. The third kappa shape index (κ3) is 6.27. The van der Waals surface area contributed by atoms with Crippen molar-refractivity contribution in [2.45, 2.75) is 44.1 Å². The van der Waals surface area contributed by atoms with Crippen LogP contribution in [0.15, 0.2) is 36.4 Å². The molecule has 2 amide bonds. The summed E-state index contributed by atoms with van der Waals surface area (Å²) in [5.41, 5.74) is 2.88. The normalized spacial score (nSPS) is 18.7. The van der Waals surface area contributed by atoms with Crippen molar-refractivity contribution >= 4 is 29.1 Å². The van der Waals surface area contributed by atoms with Gasteiger partial charge in [0.1, 0.15) is 11.6 Å². The van der Waals surface area contributed by atoms with Crippen molar-refractivity contribution in [3.8, 4) is 5.75 Å². The van der Waals surface area contributed by atoms with E-state index in [2.05, 4.69) is 4.90 Å². The Bertz CT molecular complexity index is 1200. The van der Waals surface area contributed by atoms with E-state index < -0.39 is 35.2 Å². The number of nitrogens with zero attached hydrogens (tertiary/aromatic N) is 2. The minimum Gasteiger partial charge on any atom is -0.497 e. The zero-order chi connectivity index (χ0) is 28.3. The fourth-order valence-corrected chi connectivity index (χ4v) is 5.92. The van der Waals surface area contributed by atoms with E-state index in [0.717, 1.165) is 56.2 Å². The van der Waals surface area contributed by atoms with E-state index in [1.54, 1.807) is 12.1 Å². The maximum absolute atomic E-state index is 14.1. The fraction of sp³-hybridized carbons (Fsp3) is 0.500. The number of carbonyl (C=O) groups excluding carboxylic acids is 2. The summed E-state index contributed by atoms with van der Waals surface area (Å²) >= 11 is 6.20. The second-order valence-corrected chi connectivity index (χ2v) is 10.8. The summed E-state index contributed by atoms with van der Waals surface area (Å²) in [7, 11) is 1.24. The number of aliphatic hydroxyl groups is 1. The Morgan fingerprint density at radius 3 is 2.23 bits per heavy atom. The van der Waals surface area contributed by atoms with E-state index >= 15 is 0 Å². The SMILES string of the molecule is COc1cc(F)cc([C@@](O)(C(=O)N2CCC(CC3CCN(c4ccc(C(N)=O)c(Cl)c4)CC3)CC2)C(F)F)c1. The van der Waals surface area contributed by atoms with Gasteiger partial charge < -0.3 is 25.4 Å². The number of amides is 2. The van der Waals surface area contributed by atoms with Crippen molar-refractivity contribution in [1.82, 2.24) is 4.90 Å². The first kappa shape index (κ1) is 29.0. The molecule has 39 heavy (non-hydrogen) atoms. The average Bonchev–Trinajstić information content (AvgIpc) is 2.92. The lowest BCUT2D eigenvalue weighted by Crippen LogP contribution is -2.53. The molecule has 212 valence electrons. The van der Waals surface area contributed by atoms with Crippen LogP contribution < -0.4 is 15.4 Å². The first-order valence-corrected chi connectivity index (χ1v) is 13.4. The monoisotopic (exact) mass is 567 g/mol. The Morgan fingerprint density at radius 2 is 1.69 bits per heavy atom. The van der Waals surface area contributed by atoms with Gasteiger partial charge >= 0.3 is 0 Å². The molecular weight excluding hydrogens is 535 g/mol. The van der Waals surface area contributed by atoms with Crippen LogP contribution in [0.5, 0.6) is 5.75 Å². The number of hydrogen-bond donors (Lipinski definition) is 2. The summed E-state index contributed by atoms with van der Waals surface area (Å²) in [4.78, 5) is 28.0. The summed E-state index contributed by atoms with van der Waals surface area (Å²) in [6.45, 7) is 2.17. The van der Waals surface area contributed by atoms with Crippen LogP contribution in [-0.4, -0.2) is 61.5 Å². The molecule has 11 heteroatoms. The van der Waals surface area contributed by atoms with Gasteiger partial charge in [0.2, 0.25) is 11.5 Å². The van der Waals surface area contributed by atoms with E-state index in [-0.39, 0.29) is 18.8 Å². The molecule has 0 spiro atoms. The molecule has 1 atom stereocenters. The average molecular weight is 568 g/mol. The molecule has 2 fully saturated rings. The highest BCUT2D eigenvalue weighted by Gasteiger charge is 2.50. The van der Waals surface area contributed by atoms with Crippen molar-refractivity contribution in [3.05, 3.63) is 58.4 Å². The molecular formula is C28H33ClF3N3O4. The fourth-order valence-electron chi connectivity index (χ4n) is 5.66. The van der Waals surface area contributed by atoms with E-state index in [4.69, 9.17) is 22.1 Å². The number of likely N-dealkylation sites (tertiary alicyclic amines) is 1. The highest BCUT2D eigenvalue weighted by molar-refractivity contribution is 6.34. The predicted octanol–water partition coefficient (Wildman–Crippen LogP) is 4.58. The summed E-state index contributed by atoms with van der Waals surface area (Å²) in [5, 5.41) is 11.2. The van der Waals surface area contributed by atoms with Crippen LogP contribution in [0, 0.1) is 17.7 Å². The molecule has 2 aromatic carbocycles. The Kier molecular flexibility index (Phi) is 8.96. The van der Waals surface area contributed by atoms with E-state index in [1.807, 2.05) is 6.07 Å². The minimum atomic E-state index is -3.44. The predicted molar refractivity (Wildman–Crippen MR) is 142 cm³/mol. The lowest BCUT2D eigenvalue weighted by Gasteiger charge is -2.39. The van der Waals surface area contributed by atoms with Gasteiger partial charge in [-0.2, -0.15) is 0 Å². The van der Waals surface area contributed by atoms with Crippen LogP contribution in [-0.2, 0) is 10.4 Å². The summed E-state index contributed by atoms with van der Waals surface area (Å²) in [6, 6.07) is 8.04. The smallest absolute Gasteiger partial charge is 0.280 e. The van der Waals surface area contributed by atoms with Gasteiger partial charge in [0.15, 0.2) is 0 Å². The molecule has 0 saturated carbocycles. The van der Waals surface area contributed by atoms with Gasteiger partial charge in [-0.15, -0.1) is 0 Å². The molecule has 0 bridgehead atoms. The molecule has 0 unspecified atom stereocenters. The van der Waals surface area contributed by atoms with Crippen LogP contribution in [0.1, 0.15) is 48.0 Å². The van der Waals surface area contributed by atoms with Gasteiger partial charge in [-0.25, -0.2) is 13.2 Å². The number of nitrogens with two attached hydrogens (primary N) is 1. The standard InChI is InChI=1S/C28H33ClF3N3O4/c1-39-22-14-19(13-20(30)15-22)28(38,26(31)32)27(37)35-10-6-18(7-11-35)12-17-4-8-34(9-5-17)21-2-3-23(25(33)36)24(29)16-21/h2-3,13-18,26,38H,4-12H2,1H3,(H2,33,36)/t28-/m0/s1. The van der Waals surface area contributed by atoms with Crippen LogP contribution in [0.4, 0.5) is 18.9 Å². The maximum atomic E-state index is 14.1. The van der Waals surface area contributed by atoms with E-state index in [1.165, 1.54) is 12.0 Å². The number of benzene rings is 2. The third-order valence-electron chi connectivity index (χ3n) is 7.96. The Balaban J connectivity index is 1.31. The minimum absolute atomic E-state index is 0.0626. The van der Waals surface area contributed by atoms with Crippen LogP contribution in [0.25, 0.3) is 0 Å². The van der Waals surface area contributed by atoms with Crippen molar-refractivity contribution in [3.63, 3.8) is 0 Å². The van der Waals surface area contributed by atoms with Crippen LogP contribution in [0.2, 0.25) is 5.02 Å². The first-order valence-electron chi connectivity index (χ1n) is 13.0. The number of methoxy groups -OCH3 is 1. The number of alkyl halides is 2. The number of ether oxygens (including phenoxy) is 1. The summed E-state index contributed by atoms with van der Waals surface area (Å²) in [6.07, 6.45) is 0.754. The van der Waals surface area contributed by atoms with E-state index in [9.17, 15) is 27.9 Å². The Morgan fingerprint density at radius 1 is 1.08 bits per heavy atom. The van der Waals surface area contributed by atoms with Gasteiger partial charge in [-0.1, -0.05) is 11.6 Å². The second-order valence-electron chi connectivity index (χ2n) is 10.4. The number of hydrogen-bond acceptors (Lipinski definition) is 5. The topological polar surface area (TPSA) is 96.1 Å². The molecule has 2 heterocycles. The molecule has 2 aromatic rings. The largest absolute Gasteiger partial charge is 0.497 e. The number of rotatable bonds is 8. The molecule has 0 aliphatic carbocycles. The molecule has 4 rings (SSSR count). The zero-order valence-corrected chi connectivity index (χ0v) is 22.5. The number of primary amides is 1. The molecule has 3 N–H and O–H groups in total. The quantitative estimate of drug-likeness (QED) is 0.487. The van der Waals surface area contributed by atoms with Crippen LogP contribution >= 0.6 is 11.6 Å². The van der Waals surface area contributed by atoms with Crippen molar-refractivity contribution < 1.29 is 32.6 Å². The second kappa shape index (κ2) is 12.0. The van der Waals surface area contributed by atoms with Gasteiger partial charge in [-0.3, -0.25) is 9.59 Å². The molecule has 2 aliphatic rings. The van der Waals surface area contributed by atoms with E-state index in [0.29, 0.717) is 35.3 Å². The summed E-state index contributed by atoms with van der Waals surface area (Å²) in [5.74, 6) is -1.81. The molecule has 7 nitrogen and oxygen atoms in total. The first-order chi connectivity index (χ1) is 18.5. The van der Waals surface area contributed by atoms with Gasteiger partial charge in [0, 0.05) is 43.5 Å². The molecule has 2 aliphatic heterocycles. The lowest BCUT2D eigenvalue weighted by atomic mass is 9.82. The highest BCUT2D eigenvalue weighted by atomic mass is 35.5. The molecule has 0 aromatic heterocycles. The molecule has 0 radical (unpaired) electrons. The van der Waals surface area contributed by atoms with Crippen LogP contribution in [0.3, 0.4) is 0 Å².